The number of aliphatic carboxylic acids is 1. The molecule has 0 saturated carbocycles. The summed E-state index contributed by atoms with van der Waals surface area (Å²) in [5.41, 5.74) is 6.81. The first-order chi connectivity index (χ1) is 15.9. The maximum Gasteiger partial charge on any atom is 0.407 e. The number of hydrogen-bond acceptors (Lipinski definition) is 3. The first-order valence-electron chi connectivity index (χ1n) is 11.4. The van der Waals surface area contributed by atoms with E-state index in [4.69, 9.17) is 4.74 Å². The number of hydrogen-bond donors (Lipinski definition) is 2. The van der Waals surface area contributed by atoms with E-state index >= 15 is 0 Å². The van der Waals surface area contributed by atoms with Crippen LogP contribution in [0.25, 0.3) is 11.1 Å². The molecule has 0 radical (unpaired) electrons. The lowest BCUT2D eigenvalue weighted by Gasteiger charge is -2.17. The molecule has 5 heteroatoms. The number of carbonyl (C=O) groups is 2. The van der Waals surface area contributed by atoms with Gasteiger partial charge in [-0.05, 0) is 52.1 Å². The molecule has 0 bridgehead atoms. The first-order valence-corrected chi connectivity index (χ1v) is 11.4. The van der Waals surface area contributed by atoms with E-state index in [9.17, 15) is 14.7 Å². The zero-order chi connectivity index (χ0) is 23.4. The minimum Gasteiger partial charge on any atom is -0.480 e. The van der Waals surface area contributed by atoms with Gasteiger partial charge in [-0.3, -0.25) is 0 Å². The number of nitrogens with one attached hydrogen (secondary N) is 1. The van der Waals surface area contributed by atoms with Crippen molar-refractivity contribution in [3.8, 4) is 11.1 Å². The van der Waals surface area contributed by atoms with Crippen molar-refractivity contribution < 1.29 is 19.4 Å². The third-order valence-electron chi connectivity index (χ3n) is 6.30. The van der Waals surface area contributed by atoms with Crippen molar-refractivity contribution in [3.05, 3.63) is 95.1 Å². The normalized spacial score (nSPS) is 13.3. The quantitative estimate of drug-likeness (QED) is 0.466. The van der Waals surface area contributed by atoms with Gasteiger partial charge in [-0.15, -0.1) is 0 Å². The third kappa shape index (κ3) is 5.08. The molecule has 170 valence electrons. The van der Waals surface area contributed by atoms with E-state index in [1.807, 2.05) is 48.5 Å². The lowest BCUT2D eigenvalue weighted by atomic mass is 9.98. The Morgan fingerprint density at radius 2 is 1.48 bits per heavy atom. The summed E-state index contributed by atoms with van der Waals surface area (Å²) in [6, 6.07) is 23.3. The van der Waals surface area contributed by atoms with E-state index in [1.165, 1.54) is 5.56 Å². The Bertz CT molecular complexity index is 1090. The molecule has 0 spiro atoms. The van der Waals surface area contributed by atoms with Crippen LogP contribution in [0.1, 0.15) is 54.4 Å². The Morgan fingerprint density at radius 3 is 2.03 bits per heavy atom. The van der Waals surface area contributed by atoms with Crippen LogP contribution < -0.4 is 5.32 Å². The lowest BCUT2D eigenvalue weighted by Crippen LogP contribution is -2.41. The fraction of sp³-hybridized carbons (Fsp3) is 0.286. The summed E-state index contributed by atoms with van der Waals surface area (Å²) in [5.74, 6) is -0.686. The van der Waals surface area contributed by atoms with Crippen LogP contribution in [0.4, 0.5) is 4.79 Å². The summed E-state index contributed by atoms with van der Waals surface area (Å²) in [6.07, 6.45) is 0.138. The van der Waals surface area contributed by atoms with Crippen LogP contribution >= 0.6 is 0 Å². The highest BCUT2D eigenvalue weighted by atomic mass is 16.5. The zero-order valence-electron chi connectivity index (χ0n) is 19.0. The maximum absolute atomic E-state index is 12.5. The Kier molecular flexibility index (Phi) is 6.78. The minimum absolute atomic E-state index is 0.0640. The number of fused-ring (bicyclic) bond motifs is 3. The maximum atomic E-state index is 12.5. The summed E-state index contributed by atoms with van der Waals surface area (Å²) < 4.78 is 5.50. The molecule has 0 aliphatic heterocycles. The molecule has 1 aliphatic carbocycles. The van der Waals surface area contributed by atoms with E-state index in [1.54, 1.807) is 0 Å². The Balaban J connectivity index is 1.35. The van der Waals surface area contributed by atoms with Crippen LogP contribution in [0, 0.1) is 0 Å². The molecule has 3 aromatic carbocycles. The van der Waals surface area contributed by atoms with Crippen LogP contribution in [0.3, 0.4) is 0 Å². The molecule has 0 fully saturated rings. The first kappa shape index (κ1) is 22.6. The predicted molar refractivity (Wildman–Crippen MR) is 128 cm³/mol. The topological polar surface area (TPSA) is 75.6 Å². The van der Waals surface area contributed by atoms with Gasteiger partial charge in [0.2, 0.25) is 0 Å². The third-order valence-corrected chi connectivity index (χ3v) is 6.30. The summed E-state index contributed by atoms with van der Waals surface area (Å²) in [7, 11) is 0. The van der Waals surface area contributed by atoms with Gasteiger partial charge in [0, 0.05) is 5.92 Å². The monoisotopic (exact) mass is 443 g/mol. The minimum atomic E-state index is -1.07. The smallest absolute Gasteiger partial charge is 0.407 e. The molecule has 2 N–H and O–H groups in total. The molecule has 0 aromatic heterocycles. The Hall–Kier alpha value is -3.60. The zero-order valence-corrected chi connectivity index (χ0v) is 19.0. The fourth-order valence-electron chi connectivity index (χ4n) is 4.42. The largest absolute Gasteiger partial charge is 0.480 e. The van der Waals surface area contributed by atoms with E-state index in [0.29, 0.717) is 18.8 Å². The number of ether oxygens (including phenoxy) is 1. The van der Waals surface area contributed by atoms with Crippen molar-refractivity contribution >= 4 is 12.1 Å². The van der Waals surface area contributed by atoms with Gasteiger partial charge < -0.3 is 15.2 Å². The second-order valence-corrected chi connectivity index (χ2v) is 8.80. The van der Waals surface area contributed by atoms with Crippen LogP contribution in [-0.4, -0.2) is 29.8 Å². The molecule has 0 unspecified atom stereocenters. The van der Waals surface area contributed by atoms with E-state index in [-0.39, 0.29) is 12.5 Å². The Labute approximate surface area is 194 Å². The van der Waals surface area contributed by atoms with Crippen molar-refractivity contribution in [2.24, 2.45) is 0 Å². The number of rotatable bonds is 8. The van der Waals surface area contributed by atoms with Crippen molar-refractivity contribution in [1.82, 2.24) is 5.32 Å². The lowest BCUT2D eigenvalue weighted by molar-refractivity contribution is -0.139. The number of carboxylic acid groups (broad SMARTS) is 1. The molecule has 0 saturated heterocycles. The van der Waals surface area contributed by atoms with Crippen LogP contribution in [0.5, 0.6) is 0 Å². The van der Waals surface area contributed by atoms with Gasteiger partial charge in [-0.25, -0.2) is 9.59 Å². The van der Waals surface area contributed by atoms with Crippen molar-refractivity contribution in [3.63, 3.8) is 0 Å². The van der Waals surface area contributed by atoms with Crippen molar-refractivity contribution in [2.45, 2.75) is 44.6 Å². The molecule has 33 heavy (non-hydrogen) atoms. The van der Waals surface area contributed by atoms with E-state index in [0.717, 1.165) is 27.8 Å². The van der Waals surface area contributed by atoms with Crippen LogP contribution in [0.15, 0.2) is 72.8 Å². The van der Waals surface area contributed by atoms with Gasteiger partial charge in [-0.1, -0.05) is 86.6 Å². The highest BCUT2D eigenvalue weighted by Gasteiger charge is 2.29. The second kappa shape index (κ2) is 9.90. The van der Waals surface area contributed by atoms with Crippen molar-refractivity contribution in [1.29, 1.82) is 0 Å². The average molecular weight is 444 g/mol. The molecule has 1 aliphatic rings. The number of carboxylic acids is 1. The van der Waals surface area contributed by atoms with Gasteiger partial charge in [-0.2, -0.15) is 0 Å². The highest BCUT2D eigenvalue weighted by molar-refractivity contribution is 5.81. The van der Waals surface area contributed by atoms with Gasteiger partial charge in [0.25, 0.3) is 0 Å². The summed E-state index contributed by atoms with van der Waals surface area (Å²) in [6.45, 7) is 4.42. The van der Waals surface area contributed by atoms with Crippen molar-refractivity contribution in [2.75, 3.05) is 6.61 Å². The fourth-order valence-corrected chi connectivity index (χ4v) is 4.42. The second-order valence-electron chi connectivity index (χ2n) is 8.80. The van der Waals surface area contributed by atoms with Gasteiger partial charge in [0.1, 0.15) is 12.6 Å². The standard InChI is InChI=1S/C28H29NO4/c1-18(2)20-14-11-19(12-15-20)13-16-26(27(30)31)29-28(32)33-17-25-23-9-5-3-7-21(23)22-8-4-6-10-24(22)25/h3-12,14-15,18,25-26H,13,16-17H2,1-2H3,(H,29,32)(H,30,31)/t26-/m1/s1. The Morgan fingerprint density at radius 1 is 0.909 bits per heavy atom. The molecule has 5 nitrogen and oxygen atoms in total. The molecule has 1 amide bonds. The highest BCUT2D eigenvalue weighted by Crippen LogP contribution is 2.44. The summed E-state index contributed by atoms with van der Waals surface area (Å²) in [5, 5.41) is 12.1. The summed E-state index contributed by atoms with van der Waals surface area (Å²) in [4.78, 5) is 24.2. The molecule has 0 heterocycles. The number of alkyl carbamates (subject to hydrolysis) is 1. The average Bonchev–Trinajstić information content (AvgIpc) is 3.14. The SMILES string of the molecule is CC(C)c1ccc(CC[C@@H](NC(=O)OCC2c3ccccc3-c3ccccc32)C(=O)O)cc1. The van der Waals surface area contributed by atoms with Gasteiger partial charge in [0.15, 0.2) is 0 Å². The number of aryl methyl sites for hydroxylation is 1. The molecule has 1 atom stereocenters. The number of benzene rings is 3. The number of amides is 1. The van der Waals surface area contributed by atoms with Crippen LogP contribution in [-0.2, 0) is 16.0 Å². The molecular weight excluding hydrogens is 414 g/mol. The van der Waals surface area contributed by atoms with E-state index < -0.39 is 18.1 Å². The summed E-state index contributed by atoms with van der Waals surface area (Å²) >= 11 is 0. The van der Waals surface area contributed by atoms with E-state index in [2.05, 4.69) is 43.4 Å². The predicted octanol–water partition coefficient (Wildman–Crippen LogP) is 5.73. The van der Waals surface area contributed by atoms with Gasteiger partial charge >= 0.3 is 12.1 Å². The molecule has 4 rings (SSSR count). The molecule has 3 aromatic rings. The van der Waals surface area contributed by atoms with Crippen LogP contribution in [0.2, 0.25) is 0 Å². The number of carbonyl (C=O) groups excluding carboxylic acids is 1. The molecular formula is C28H29NO4. The van der Waals surface area contributed by atoms with Gasteiger partial charge in [0.05, 0.1) is 0 Å².